The Hall–Kier alpha value is -1.02. The van der Waals surface area contributed by atoms with Crippen LogP contribution in [-0.4, -0.2) is 73.4 Å². The molecular weight excluding hydrogens is 900 g/mol. The number of aliphatic hydroxyl groups is 1. The molecule has 0 saturated carbocycles. The van der Waals surface area contributed by atoms with E-state index in [-0.39, 0.29) is 19.1 Å². The molecule has 0 aliphatic rings. The normalized spacial score (nSPS) is 14.0. The van der Waals surface area contributed by atoms with Crippen molar-refractivity contribution in [3.05, 3.63) is 24.3 Å². The molecule has 0 bridgehead atoms. The van der Waals surface area contributed by atoms with E-state index in [2.05, 4.69) is 31.3 Å². The molecule has 0 saturated heterocycles. The van der Waals surface area contributed by atoms with Gasteiger partial charge in [0.05, 0.1) is 39.9 Å². The number of carbonyl (C=O) groups excluding carboxylic acids is 1. The standard InChI is InChI=1S/C62H123N2O6P/c1-6-8-10-12-14-16-18-20-22-24-26-28-29-30-31-32-33-34-35-36-38-40-42-44-46-48-50-52-54-56-62(66)63-60(59-70-71(67,68)69-58-57-64(3,4)5)61(65)55-53-51-49-47-45-43-41-39-37-27-25-23-21-19-17-15-13-11-9-7-2/h24,26,53,55,60-61,65H,6-23,25,27-52,54,56-59H2,1-5H3,(H-,63,66,67,68)/p+1/b26-24-,55-53+. The summed E-state index contributed by atoms with van der Waals surface area (Å²) in [6.45, 7) is 4.87. The molecule has 3 unspecified atom stereocenters. The highest BCUT2D eigenvalue weighted by Gasteiger charge is 2.27. The summed E-state index contributed by atoms with van der Waals surface area (Å²) >= 11 is 0. The van der Waals surface area contributed by atoms with Crippen molar-refractivity contribution >= 4 is 13.7 Å². The van der Waals surface area contributed by atoms with Crippen LogP contribution < -0.4 is 5.32 Å². The Bertz CT molecular complexity index is 1210. The number of carbonyl (C=O) groups is 1. The predicted octanol–water partition coefficient (Wildman–Crippen LogP) is 19.2. The molecule has 422 valence electrons. The number of nitrogens with one attached hydrogen (secondary N) is 1. The lowest BCUT2D eigenvalue weighted by Crippen LogP contribution is -2.45. The fourth-order valence-electron chi connectivity index (χ4n) is 9.51. The third-order valence-electron chi connectivity index (χ3n) is 14.4. The molecule has 3 atom stereocenters. The van der Waals surface area contributed by atoms with Gasteiger partial charge in [-0.05, 0) is 44.9 Å². The Labute approximate surface area is 443 Å². The summed E-state index contributed by atoms with van der Waals surface area (Å²) < 4.78 is 23.8. The van der Waals surface area contributed by atoms with Gasteiger partial charge >= 0.3 is 7.82 Å². The predicted molar refractivity (Wildman–Crippen MR) is 309 cm³/mol. The first-order valence-electron chi connectivity index (χ1n) is 31.2. The number of nitrogens with zero attached hydrogens (tertiary/aromatic N) is 1. The molecule has 0 aliphatic carbocycles. The molecule has 71 heavy (non-hydrogen) atoms. The molecule has 0 aromatic rings. The van der Waals surface area contributed by atoms with Crippen molar-refractivity contribution in [2.75, 3.05) is 40.9 Å². The summed E-state index contributed by atoms with van der Waals surface area (Å²) in [5, 5.41) is 14.0. The van der Waals surface area contributed by atoms with Crippen LogP contribution in [-0.2, 0) is 18.4 Å². The fourth-order valence-corrected chi connectivity index (χ4v) is 10.2. The van der Waals surface area contributed by atoms with Crippen LogP contribution in [0.2, 0.25) is 0 Å². The van der Waals surface area contributed by atoms with E-state index in [0.717, 1.165) is 32.1 Å². The van der Waals surface area contributed by atoms with Crippen LogP contribution in [0.1, 0.15) is 316 Å². The van der Waals surface area contributed by atoms with Crippen LogP contribution in [0.4, 0.5) is 0 Å². The van der Waals surface area contributed by atoms with Gasteiger partial charge in [0.25, 0.3) is 0 Å². The molecule has 3 N–H and O–H groups in total. The Balaban J connectivity index is 4.09. The highest BCUT2D eigenvalue weighted by atomic mass is 31.2. The average Bonchev–Trinajstić information content (AvgIpc) is 3.33. The lowest BCUT2D eigenvalue weighted by molar-refractivity contribution is -0.870. The van der Waals surface area contributed by atoms with E-state index in [1.807, 2.05) is 27.2 Å². The Morgan fingerprint density at radius 1 is 0.465 bits per heavy atom. The van der Waals surface area contributed by atoms with Gasteiger partial charge in [-0.3, -0.25) is 13.8 Å². The second-order valence-corrected chi connectivity index (χ2v) is 24.2. The summed E-state index contributed by atoms with van der Waals surface area (Å²) in [6.07, 6.45) is 68.6. The van der Waals surface area contributed by atoms with E-state index in [0.29, 0.717) is 17.4 Å². The fraction of sp³-hybridized carbons (Fsp3) is 0.919. The minimum absolute atomic E-state index is 0.0641. The molecular formula is C62H124N2O6P+. The number of phosphoric ester groups is 1. The lowest BCUT2D eigenvalue weighted by Gasteiger charge is -2.25. The minimum Gasteiger partial charge on any atom is -0.387 e. The molecule has 0 rings (SSSR count). The summed E-state index contributed by atoms with van der Waals surface area (Å²) in [7, 11) is 1.59. The maximum absolute atomic E-state index is 13.0. The second-order valence-electron chi connectivity index (χ2n) is 22.8. The van der Waals surface area contributed by atoms with Crippen molar-refractivity contribution in [1.29, 1.82) is 0 Å². The summed E-state index contributed by atoms with van der Waals surface area (Å²) in [4.78, 5) is 23.3. The number of rotatable bonds is 58. The molecule has 0 aromatic heterocycles. The lowest BCUT2D eigenvalue weighted by atomic mass is 10.0. The quantitative estimate of drug-likeness (QED) is 0.0243. The SMILES string of the molecule is CCCCCCCCCC/C=C\CCCCCCCCCCCCCCCCCCCC(=O)NC(COP(=O)(O)OCC[N+](C)(C)C)C(O)/C=C/CCCCCCCCCCCCCCCCCCCC. The van der Waals surface area contributed by atoms with Crippen LogP contribution >= 0.6 is 7.82 Å². The van der Waals surface area contributed by atoms with E-state index >= 15 is 0 Å². The molecule has 0 heterocycles. The number of quaternary nitrogens is 1. The van der Waals surface area contributed by atoms with Gasteiger partial charge in [0.2, 0.25) is 5.91 Å². The number of hydrogen-bond acceptors (Lipinski definition) is 5. The van der Waals surface area contributed by atoms with Crippen LogP contribution in [0, 0.1) is 0 Å². The van der Waals surface area contributed by atoms with E-state index in [9.17, 15) is 19.4 Å². The van der Waals surface area contributed by atoms with Gasteiger partial charge in [0.1, 0.15) is 13.2 Å². The zero-order valence-corrected chi connectivity index (χ0v) is 49.1. The summed E-state index contributed by atoms with van der Waals surface area (Å²) in [5.74, 6) is -0.170. The first-order valence-corrected chi connectivity index (χ1v) is 32.7. The largest absolute Gasteiger partial charge is 0.472 e. The van der Waals surface area contributed by atoms with Gasteiger partial charge in [-0.25, -0.2) is 4.57 Å². The molecule has 0 radical (unpaired) electrons. The zero-order valence-electron chi connectivity index (χ0n) is 48.2. The Kier molecular flexibility index (Phi) is 53.0. The van der Waals surface area contributed by atoms with Crippen molar-refractivity contribution < 1.29 is 32.9 Å². The third-order valence-corrected chi connectivity index (χ3v) is 15.4. The van der Waals surface area contributed by atoms with Gasteiger partial charge < -0.3 is 19.8 Å². The van der Waals surface area contributed by atoms with Gasteiger partial charge in [-0.1, -0.05) is 289 Å². The van der Waals surface area contributed by atoms with Crippen LogP contribution in [0.5, 0.6) is 0 Å². The smallest absolute Gasteiger partial charge is 0.387 e. The van der Waals surface area contributed by atoms with Gasteiger partial charge in [-0.15, -0.1) is 0 Å². The van der Waals surface area contributed by atoms with E-state index in [1.165, 1.54) is 263 Å². The number of likely N-dealkylation sites (N-methyl/N-ethyl adjacent to an activating group) is 1. The maximum atomic E-state index is 13.0. The van der Waals surface area contributed by atoms with Gasteiger partial charge in [-0.2, -0.15) is 0 Å². The van der Waals surface area contributed by atoms with Crippen molar-refractivity contribution in [3.63, 3.8) is 0 Å². The molecule has 8 nitrogen and oxygen atoms in total. The number of aliphatic hydroxyl groups excluding tert-OH is 1. The highest BCUT2D eigenvalue weighted by molar-refractivity contribution is 7.47. The molecule has 0 aliphatic heterocycles. The second kappa shape index (κ2) is 53.8. The molecule has 0 spiro atoms. The first kappa shape index (κ1) is 70.0. The van der Waals surface area contributed by atoms with Crippen LogP contribution in [0.15, 0.2) is 24.3 Å². The number of phosphoric acid groups is 1. The third kappa shape index (κ3) is 56.5. The highest BCUT2D eigenvalue weighted by Crippen LogP contribution is 2.43. The van der Waals surface area contributed by atoms with Gasteiger partial charge in [0, 0.05) is 6.42 Å². The minimum atomic E-state index is -4.35. The van der Waals surface area contributed by atoms with E-state index in [1.54, 1.807) is 6.08 Å². The molecule has 1 amide bonds. The molecule has 0 fully saturated rings. The number of allylic oxidation sites excluding steroid dienone is 3. The van der Waals surface area contributed by atoms with Crippen LogP contribution in [0.3, 0.4) is 0 Å². The zero-order chi connectivity index (χ0) is 52.0. The monoisotopic (exact) mass is 1020 g/mol. The number of hydrogen-bond donors (Lipinski definition) is 3. The average molecular weight is 1020 g/mol. The molecule has 0 aromatic carbocycles. The van der Waals surface area contributed by atoms with Gasteiger partial charge in [0.15, 0.2) is 0 Å². The van der Waals surface area contributed by atoms with Crippen molar-refractivity contribution in [2.24, 2.45) is 0 Å². The van der Waals surface area contributed by atoms with Crippen LogP contribution in [0.25, 0.3) is 0 Å². The maximum Gasteiger partial charge on any atom is 0.472 e. The molecule has 9 heteroatoms. The van der Waals surface area contributed by atoms with Crippen molar-refractivity contribution in [2.45, 2.75) is 328 Å². The van der Waals surface area contributed by atoms with E-state index < -0.39 is 20.0 Å². The Morgan fingerprint density at radius 2 is 0.761 bits per heavy atom. The summed E-state index contributed by atoms with van der Waals surface area (Å²) in [6, 6.07) is -0.844. The number of amides is 1. The van der Waals surface area contributed by atoms with E-state index in [4.69, 9.17) is 9.05 Å². The van der Waals surface area contributed by atoms with Crippen molar-refractivity contribution in [3.8, 4) is 0 Å². The first-order chi connectivity index (χ1) is 34.5. The summed E-state index contributed by atoms with van der Waals surface area (Å²) in [5.41, 5.74) is 0. The number of unbranched alkanes of at least 4 members (excludes halogenated alkanes) is 43. The topological polar surface area (TPSA) is 105 Å². The van der Waals surface area contributed by atoms with Crippen molar-refractivity contribution in [1.82, 2.24) is 5.32 Å². The Morgan fingerprint density at radius 3 is 1.08 bits per heavy atom.